The molecular weight excluding hydrogens is 216 g/mol. The summed E-state index contributed by atoms with van der Waals surface area (Å²) in [7, 11) is 1.41. The molecule has 17 heavy (non-hydrogen) atoms. The van der Waals surface area contributed by atoms with Crippen LogP contribution in [0.15, 0.2) is 18.3 Å². The molecule has 1 rings (SSSR count). The van der Waals surface area contributed by atoms with Crippen molar-refractivity contribution < 1.29 is 9.53 Å². The molecule has 0 radical (unpaired) electrons. The minimum atomic E-state index is -0.289. The van der Waals surface area contributed by atoms with Gasteiger partial charge < -0.3 is 4.74 Å². The average molecular weight is 236 g/mol. The first-order chi connectivity index (χ1) is 8.04. The fourth-order valence-electron chi connectivity index (χ4n) is 1.54. The number of esters is 1. The molecule has 0 bridgehead atoms. The molecule has 1 aromatic heterocycles. The van der Waals surface area contributed by atoms with Crippen LogP contribution in [0.4, 0.5) is 0 Å². The van der Waals surface area contributed by atoms with Crippen LogP contribution in [-0.2, 0) is 16.1 Å². The second-order valence-corrected chi connectivity index (χ2v) is 4.45. The minimum Gasteiger partial charge on any atom is -0.468 e. The number of rotatable bonds is 5. The molecule has 1 heterocycles. The molecule has 1 unspecified atom stereocenters. The lowest BCUT2D eigenvalue weighted by atomic mass is 10.0. The normalized spacial score (nSPS) is 12.5. The third-order valence-corrected chi connectivity index (χ3v) is 2.60. The molecule has 0 aromatic carbocycles. The maximum Gasteiger partial charge on any atom is 0.323 e. The highest BCUT2D eigenvalue weighted by Crippen LogP contribution is 2.05. The molecule has 0 aliphatic carbocycles. The van der Waals surface area contributed by atoms with E-state index in [2.05, 4.69) is 10.3 Å². The van der Waals surface area contributed by atoms with Gasteiger partial charge >= 0.3 is 5.97 Å². The van der Waals surface area contributed by atoms with Crippen LogP contribution in [0.25, 0.3) is 0 Å². The van der Waals surface area contributed by atoms with Crippen LogP contribution in [0.5, 0.6) is 0 Å². The Kier molecular flexibility index (Phi) is 5.10. The van der Waals surface area contributed by atoms with E-state index in [0.717, 1.165) is 11.3 Å². The van der Waals surface area contributed by atoms with E-state index in [0.29, 0.717) is 6.54 Å². The summed E-state index contributed by atoms with van der Waals surface area (Å²) in [4.78, 5) is 15.8. The van der Waals surface area contributed by atoms with Gasteiger partial charge in [0.2, 0.25) is 0 Å². The highest BCUT2D eigenvalue weighted by atomic mass is 16.5. The number of hydrogen-bond donors (Lipinski definition) is 1. The number of pyridine rings is 1. The number of carbonyl (C=O) groups excluding carboxylic acids is 1. The summed E-state index contributed by atoms with van der Waals surface area (Å²) in [5.74, 6) is -0.0417. The first-order valence-electron chi connectivity index (χ1n) is 5.77. The van der Waals surface area contributed by atoms with E-state index in [9.17, 15) is 4.79 Å². The Labute approximate surface area is 102 Å². The monoisotopic (exact) mass is 236 g/mol. The smallest absolute Gasteiger partial charge is 0.323 e. The zero-order valence-electron chi connectivity index (χ0n) is 10.9. The lowest BCUT2D eigenvalue weighted by molar-refractivity contribution is -0.144. The van der Waals surface area contributed by atoms with Crippen LogP contribution in [0.3, 0.4) is 0 Å². The Bertz CT molecular complexity index is 360. The summed E-state index contributed by atoms with van der Waals surface area (Å²) in [6, 6.07) is 3.67. The number of methoxy groups -OCH3 is 1. The van der Waals surface area contributed by atoms with Gasteiger partial charge in [0, 0.05) is 12.7 Å². The molecule has 4 nitrogen and oxygen atoms in total. The van der Waals surface area contributed by atoms with Crippen molar-refractivity contribution >= 4 is 5.97 Å². The van der Waals surface area contributed by atoms with Crippen molar-refractivity contribution in [3.63, 3.8) is 0 Å². The lowest BCUT2D eigenvalue weighted by Gasteiger charge is -2.19. The summed E-state index contributed by atoms with van der Waals surface area (Å²) in [5.41, 5.74) is 2.05. The number of nitrogens with one attached hydrogen (secondary N) is 1. The van der Waals surface area contributed by atoms with E-state index in [1.165, 1.54) is 7.11 Å². The van der Waals surface area contributed by atoms with Crippen molar-refractivity contribution in [2.75, 3.05) is 7.11 Å². The summed E-state index contributed by atoms with van der Waals surface area (Å²) < 4.78 is 4.76. The third kappa shape index (κ3) is 4.15. The second-order valence-electron chi connectivity index (χ2n) is 4.45. The maximum absolute atomic E-state index is 11.5. The third-order valence-electron chi connectivity index (χ3n) is 2.60. The molecule has 0 spiro atoms. The van der Waals surface area contributed by atoms with E-state index in [4.69, 9.17) is 4.74 Å². The number of aromatic nitrogens is 1. The van der Waals surface area contributed by atoms with Gasteiger partial charge in [-0.25, -0.2) is 0 Å². The van der Waals surface area contributed by atoms with Gasteiger partial charge in [-0.2, -0.15) is 0 Å². The molecule has 0 amide bonds. The van der Waals surface area contributed by atoms with Gasteiger partial charge in [0.05, 0.1) is 12.8 Å². The Morgan fingerprint density at radius 2 is 2.18 bits per heavy atom. The fourth-order valence-corrected chi connectivity index (χ4v) is 1.54. The molecular formula is C13H20N2O2. The SMILES string of the molecule is COC(=O)C(NCc1ccc(C)cn1)C(C)C. The van der Waals surface area contributed by atoms with Crippen molar-refractivity contribution in [3.05, 3.63) is 29.6 Å². The number of nitrogens with zero attached hydrogens (tertiary/aromatic N) is 1. The van der Waals surface area contributed by atoms with E-state index >= 15 is 0 Å². The topological polar surface area (TPSA) is 51.2 Å². The highest BCUT2D eigenvalue weighted by Gasteiger charge is 2.22. The lowest BCUT2D eigenvalue weighted by Crippen LogP contribution is -2.41. The molecule has 1 atom stereocenters. The predicted octanol–water partition coefficient (Wildman–Crippen LogP) is 1.68. The van der Waals surface area contributed by atoms with Crippen LogP contribution < -0.4 is 5.32 Å². The van der Waals surface area contributed by atoms with Gasteiger partial charge in [0.15, 0.2) is 0 Å². The van der Waals surface area contributed by atoms with E-state index in [1.807, 2.05) is 39.1 Å². The Morgan fingerprint density at radius 3 is 2.65 bits per heavy atom. The van der Waals surface area contributed by atoms with Gasteiger partial charge in [-0.05, 0) is 24.5 Å². The molecule has 0 fully saturated rings. The Morgan fingerprint density at radius 1 is 1.47 bits per heavy atom. The molecule has 94 valence electrons. The predicted molar refractivity (Wildman–Crippen MR) is 66.5 cm³/mol. The van der Waals surface area contributed by atoms with Crippen LogP contribution in [0.1, 0.15) is 25.1 Å². The van der Waals surface area contributed by atoms with Gasteiger partial charge in [0.25, 0.3) is 0 Å². The standard InChI is InChI=1S/C13H20N2O2/c1-9(2)12(13(16)17-4)15-8-11-6-5-10(3)7-14-11/h5-7,9,12,15H,8H2,1-4H3. The van der Waals surface area contributed by atoms with E-state index in [-0.39, 0.29) is 17.9 Å². The van der Waals surface area contributed by atoms with E-state index < -0.39 is 0 Å². The minimum absolute atomic E-state index is 0.188. The summed E-state index contributed by atoms with van der Waals surface area (Å²) in [6.45, 7) is 6.53. The molecule has 4 heteroatoms. The van der Waals surface area contributed by atoms with Gasteiger partial charge in [-0.3, -0.25) is 15.1 Å². The molecule has 0 saturated heterocycles. The quantitative estimate of drug-likeness (QED) is 0.790. The zero-order chi connectivity index (χ0) is 12.8. The molecule has 0 aliphatic heterocycles. The largest absolute Gasteiger partial charge is 0.468 e. The van der Waals surface area contributed by atoms with Crippen molar-refractivity contribution in [2.45, 2.75) is 33.4 Å². The van der Waals surface area contributed by atoms with Crippen molar-refractivity contribution in [2.24, 2.45) is 5.92 Å². The molecule has 0 aliphatic rings. The number of carbonyl (C=O) groups is 1. The van der Waals surface area contributed by atoms with E-state index in [1.54, 1.807) is 0 Å². The van der Waals surface area contributed by atoms with Crippen molar-refractivity contribution in [1.82, 2.24) is 10.3 Å². The van der Waals surface area contributed by atoms with Crippen LogP contribution in [0.2, 0.25) is 0 Å². The summed E-state index contributed by atoms with van der Waals surface area (Å²) in [6.07, 6.45) is 1.82. The molecule has 1 aromatic rings. The fraction of sp³-hybridized carbons (Fsp3) is 0.538. The van der Waals surface area contributed by atoms with Crippen molar-refractivity contribution in [1.29, 1.82) is 0 Å². The Balaban J connectivity index is 2.58. The van der Waals surface area contributed by atoms with Crippen LogP contribution >= 0.6 is 0 Å². The van der Waals surface area contributed by atoms with Gasteiger partial charge in [-0.1, -0.05) is 19.9 Å². The van der Waals surface area contributed by atoms with Gasteiger partial charge in [0.1, 0.15) is 6.04 Å². The maximum atomic E-state index is 11.5. The van der Waals surface area contributed by atoms with Crippen molar-refractivity contribution in [3.8, 4) is 0 Å². The second kappa shape index (κ2) is 6.35. The number of hydrogen-bond acceptors (Lipinski definition) is 4. The average Bonchev–Trinajstić information content (AvgIpc) is 2.31. The Hall–Kier alpha value is -1.42. The van der Waals surface area contributed by atoms with Gasteiger partial charge in [-0.15, -0.1) is 0 Å². The highest BCUT2D eigenvalue weighted by molar-refractivity contribution is 5.75. The zero-order valence-corrected chi connectivity index (χ0v) is 10.9. The van der Waals surface area contributed by atoms with Crippen LogP contribution in [0, 0.1) is 12.8 Å². The summed E-state index contributed by atoms with van der Waals surface area (Å²) >= 11 is 0. The molecule has 0 saturated carbocycles. The van der Waals surface area contributed by atoms with Crippen LogP contribution in [-0.4, -0.2) is 24.1 Å². The first-order valence-corrected chi connectivity index (χ1v) is 5.77. The first kappa shape index (κ1) is 13.6. The summed E-state index contributed by atoms with van der Waals surface area (Å²) in [5, 5.41) is 3.17. The number of ether oxygens (including phenoxy) is 1. The molecule has 1 N–H and O–H groups in total. The number of aryl methyl sites for hydroxylation is 1.